The molecule has 0 bridgehead atoms. The molecule has 3 aromatic rings. The van der Waals surface area contributed by atoms with Gasteiger partial charge in [0.2, 0.25) is 0 Å². The smallest absolute Gasteiger partial charge is 0.289 e. The number of aliphatic hydroxyl groups is 1. The minimum absolute atomic E-state index is 0.204. The average molecular weight is 396 g/mol. The molecule has 1 atom stereocenters. The Bertz CT molecular complexity index is 916. The zero-order chi connectivity index (χ0) is 20.1. The highest BCUT2D eigenvalue weighted by atomic mass is 32.2. The molecule has 3 rings (SSSR count). The van der Waals surface area contributed by atoms with Crippen molar-refractivity contribution in [1.29, 1.82) is 0 Å². The number of aliphatic hydroxyl groups excluding tert-OH is 1. The number of benzene rings is 2. The maximum absolute atomic E-state index is 12.6. The van der Waals surface area contributed by atoms with E-state index in [1.807, 2.05) is 36.4 Å². The van der Waals surface area contributed by atoms with Crippen molar-refractivity contribution < 1.29 is 14.3 Å². The van der Waals surface area contributed by atoms with E-state index in [9.17, 15) is 9.90 Å². The molecule has 0 fully saturated rings. The number of hydrogen-bond acceptors (Lipinski definition) is 4. The summed E-state index contributed by atoms with van der Waals surface area (Å²) in [6.07, 6.45) is -0.732. The molecule has 1 heterocycles. The lowest BCUT2D eigenvalue weighted by Crippen LogP contribution is -2.30. The predicted molar refractivity (Wildman–Crippen MR) is 113 cm³/mol. The van der Waals surface area contributed by atoms with Crippen molar-refractivity contribution in [1.82, 2.24) is 4.90 Å². The Labute approximate surface area is 170 Å². The number of furan rings is 1. The molecular formula is C23H25NO3S. The molecular weight excluding hydrogens is 370 g/mol. The van der Waals surface area contributed by atoms with Crippen LogP contribution >= 0.6 is 11.8 Å². The van der Waals surface area contributed by atoms with Crippen LogP contribution in [0.4, 0.5) is 0 Å². The van der Waals surface area contributed by atoms with Crippen molar-refractivity contribution in [3.8, 4) is 0 Å². The molecule has 2 aromatic carbocycles. The largest absolute Gasteiger partial charge is 0.455 e. The number of carbonyl (C=O) groups excluding carboxylic acids is 1. The molecule has 146 valence electrons. The Morgan fingerprint density at radius 1 is 1.04 bits per heavy atom. The fourth-order valence-corrected chi connectivity index (χ4v) is 4.08. The molecule has 0 aliphatic rings. The highest BCUT2D eigenvalue weighted by molar-refractivity contribution is 7.98. The van der Waals surface area contributed by atoms with Gasteiger partial charge in [-0.15, -0.1) is 11.8 Å². The van der Waals surface area contributed by atoms with Crippen LogP contribution in [0.25, 0.3) is 0 Å². The van der Waals surface area contributed by atoms with Crippen molar-refractivity contribution in [2.45, 2.75) is 30.6 Å². The molecule has 1 amide bonds. The molecule has 1 N–H and O–H groups in total. The summed E-state index contributed by atoms with van der Waals surface area (Å²) >= 11 is 1.71. The van der Waals surface area contributed by atoms with Crippen molar-refractivity contribution in [3.63, 3.8) is 0 Å². The second-order valence-corrected chi connectivity index (χ2v) is 7.87. The maximum atomic E-state index is 12.6. The number of thioether (sulfide) groups is 1. The third-order valence-electron chi connectivity index (χ3n) is 4.62. The Hall–Kier alpha value is -2.50. The molecule has 5 heteroatoms. The van der Waals surface area contributed by atoms with E-state index in [2.05, 4.69) is 32.0 Å². The van der Waals surface area contributed by atoms with E-state index in [-0.39, 0.29) is 12.5 Å². The van der Waals surface area contributed by atoms with Gasteiger partial charge in [-0.25, -0.2) is 0 Å². The van der Waals surface area contributed by atoms with E-state index in [1.165, 1.54) is 20.9 Å². The lowest BCUT2D eigenvalue weighted by Gasteiger charge is -2.20. The summed E-state index contributed by atoms with van der Waals surface area (Å²) in [5.74, 6) is 1.47. The summed E-state index contributed by atoms with van der Waals surface area (Å²) in [5, 5.41) is 10.3. The fraction of sp³-hybridized carbons (Fsp3) is 0.261. The van der Waals surface area contributed by atoms with E-state index in [0.717, 1.165) is 11.3 Å². The molecule has 1 aromatic heterocycles. The first-order chi connectivity index (χ1) is 13.5. The lowest BCUT2D eigenvalue weighted by molar-refractivity contribution is 0.0650. The first-order valence-corrected chi connectivity index (χ1v) is 10.2. The minimum atomic E-state index is -0.732. The van der Waals surface area contributed by atoms with Crippen LogP contribution in [0.3, 0.4) is 0 Å². The van der Waals surface area contributed by atoms with E-state index < -0.39 is 6.10 Å². The summed E-state index contributed by atoms with van der Waals surface area (Å²) < 4.78 is 5.76. The quantitative estimate of drug-likeness (QED) is 0.572. The SMILES string of the molecule is Cc1cccc(C)c1SCc1ccc(C(=O)N(C)CC(O)c2ccccc2)o1. The number of amides is 1. The number of rotatable bonds is 7. The Balaban J connectivity index is 1.60. The van der Waals surface area contributed by atoms with Crippen LogP contribution in [0.2, 0.25) is 0 Å². The van der Waals surface area contributed by atoms with Gasteiger partial charge in [0.05, 0.1) is 18.4 Å². The van der Waals surface area contributed by atoms with Crippen LogP contribution in [-0.2, 0) is 5.75 Å². The van der Waals surface area contributed by atoms with Crippen LogP contribution in [0.5, 0.6) is 0 Å². The number of likely N-dealkylation sites (N-methyl/N-ethyl adjacent to an activating group) is 1. The molecule has 0 saturated heterocycles. The minimum Gasteiger partial charge on any atom is -0.455 e. The molecule has 0 radical (unpaired) electrons. The van der Waals surface area contributed by atoms with Crippen molar-refractivity contribution in [2.75, 3.05) is 13.6 Å². The van der Waals surface area contributed by atoms with Gasteiger partial charge in [0.25, 0.3) is 5.91 Å². The van der Waals surface area contributed by atoms with Gasteiger partial charge >= 0.3 is 0 Å². The molecule has 1 unspecified atom stereocenters. The normalized spacial score (nSPS) is 12.0. The second kappa shape index (κ2) is 9.13. The number of carbonyl (C=O) groups is 1. The van der Waals surface area contributed by atoms with E-state index >= 15 is 0 Å². The van der Waals surface area contributed by atoms with Gasteiger partial charge < -0.3 is 14.4 Å². The van der Waals surface area contributed by atoms with Crippen molar-refractivity contribution >= 4 is 17.7 Å². The van der Waals surface area contributed by atoms with Crippen LogP contribution < -0.4 is 0 Å². The molecule has 0 spiro atoms. The zero-order valence-electron chi connectivity index (χ0n) is 16.4. The van der Waals surface area contributed by atoms with Gasteiger partial charge in [-0.1, -0.05) is 48.5 Å². The number of hydrogen-bond donors (Lipinski definition) is 1. The third-order valence-corrected chi connectivity index (χ3v) is 5.98. The zero-order valence-corrected chi connectivity index (χ0v) is 17.2. The van der Waals surface area contributed by atoms with Crippen LogP contribution in [0.15, 0.2) is 70.0 Å². The van der Waals surface area contributed by atoms with Crippen LogP contribution in [0.1, 0.15) is 39.1 Å². The summed E-state index contributed by atoms with van der Waals surface area (Å²) in [6.45, 7) is 4.40. The van der Waals surface area contributed by atoms with E-state index in [4.69, 9.17) is 4.42 Å². The van der Waals surface area contributed by atoms with E-state index in [0.29, 0.717) is 11.5 Å². The molecule has 0 aliphatic carbocycles. The van der Waals surface area contributed by atoms with Gasteiger partial charge in [-0.05, 0) is 42.7 Å². The van der Waals surface area contributed by atoms with Crippen molar-refractivity contribution in [2.24, 2.45) is 0 Å². The lowest BCUT2D eigenvalue weighted by atomic mass is 10.1. The van der Waals surface area contributed by atoms with E-state index in [1.54, 1.807) is 24.9 Å². The molecule has 0 saturated carbocycles. The standard InChI is InChI=1S/C23H25NO3S/c1-16-8-7-9-17(2)22(16)28-15-19-12-13-21(27-19)23(26)24(3)14-20(25)18-10-5-4-6-11-18/h4-13,20,25H,14-15H2,1-3H3. The summed E-state index contributed by atoms with van der Waals surface area (Å²) in [7, 11) is 1.67. The number of nitrogens with zero attached hydrogens (tertiary/aromatic N) is 1. The Morgan fingerprint density at radius 2 is 1.71 bits per heavy atom. The molecule has 28 heavy (non-hydrogen) atoms. The molecule has 4 nitrogen and oxygen atoms in total. The molecule has 0 aliphatic heterocycles. The van der Waals surface area contributed by atoms with Gasteiger partial charge in [-0.3, -0.25) is 4.79 Å². The van der Waals surface area contributed by atoms with Crippen LogP contribution in [0, 0.1) is 13.8 Å². The van der Waals surface area contributed by atoms with Gasteiger partial charge in [0, 0.05) is 11.9 Å². The second-order valence-electron chi connectivity index (χ2n) is 6.89. The highest BCUT2D eigenvalue weighted by Gasteiger charge is 2.19. The maximum Gasteiger partial charge on any atom is 0.289 e. The highest BCUT2D eigenvalue weighted by Crippen LogP contribution is 2.29. The first-order valence-electron chi connectivity index (χ1n) is 9.22. The third kappa shape index (κ3) is 4.86. The summed E-state index contributed by atoms with van der Waals surface area (Å²) in [6, 6.07) is 19.1. The van der Waals surface area contributed by atoms with Gasteiger partial charge in [0.15, 0.2) is 5.76 Å². The van der Waals surface area contributed by atoms with Gasteiger partial charge in [-0.2, -0.15) is 0 Å². The predicted octanol–water partition coefficient (Wildman–Crippen LogP) is 4.99. The summed E-state index contributed by atoms with van der Waals surface area (Å²) in [4.78, 5) is 15.4. The summed E-state index contributed by atoms with van der Waals surface area (Å²) in [5.41, 5.74) is 3.26. The Morgan fingerprint density at radius 3 is 2.39 bits per heavy atom. The number of aryl methyl sites for hydroxylation is 2. The van der Waals surface area contributed by atoms with Crippen LogP contribution in [-0.4, -0.2) is 29.5 Å². The monoisotopic (exact) mass is 395 g/mol. The fourth-order valence-electron chi connectivity index (χ4n) is 3.05. The average Bonchev–Trinajstić information content (AvgIpc) is 3.16. The van der Waals surface area contributed by atoms with Gasteiger partial charge in [0.1, 0.15) is 5.76 Å². The Kier molecular flexibility index (Phi) is 6.60. The topological polar surface area (TPSA) is 53.7 Å². The van der Waals surface area contributed by atoms with Crippen molar-refractivity contribution in [3.05, 3.63) is 88.9 Å². The first kappa shape index (κ1) is 20.2.